The van der Waals surface area contributed by atoms with E-state index in [-0.39, 0.29) is 11.5 Å². The Hall–Kier alpha value is -2.22. The van der Waals surface area contributed by atoms with Gasteiger partial charge in [0, 0.05) is 10.9 Å². The summed E-state index contributed by atoms with van der Waals surface area (Å²) in [7, 11) is 0. The Morgan fingerprint density at radius 1 is 1.44 bits per heavy atom. The van der Waals surface area contributed by atoms with Crippen LogP contribution in [0.2, 0.25) is 0 Å². The molecule has 1 amide bonds. The lowest BCUT2D eigenvalue weighted by molar-refractivity contribution is 0.0651. The van der Waals surface area contributed by atoms with E-state index in [1.165, 1.54) is 11.3 Å². The number of aromatic nitrogens is 2. The van der Waals surface area contributed by atoms with E-state index >= 15 is 0 Å². The summed E-state index contributed by atoms with van der Waals surface area (Å²) in [5.41, 5.74) is 0.736. The molecule has 0 aliphatic rings. The zero-order valence-corrected chi connectivity index (χ0v) is 10.4. The molecule has 8 heteroatoms. The Bertz CT molecular complexity index is 597. The van der Waals surface area contributed by atoms with E-state index in [9.17, 15) is 9.59 Å². The molecule has 0 atom stereocenters. The van der Waals surface area contributed by atoms with Gasteiger partial charge in [0.2, 0.25) is 5.76 Å². The molecule has 0 aliphatic heterocycles. The third-order valence-electron chi connectivity index (χ3n) is 2.20. The Morgan fingerprint density at radius 2 is 2.17 bits per heavy atom. The van der Waals surface area contributed by atoms with Crippen molar-refractivity contribution in [2.45, 2.75) is 13.8 Å². The van der Waals surface area contributed by atoms with Crippen molar-refractivity contribution in [2.75, 3.05) is 5.32 Å². The van der Waals surface area contributed by atoms with Crippen molar-refractivity contribution in [3.05, 3.63) is 28.1 Å². The highest BCUT2D eigenvalue weighted by molar-refractivity contribution is 7.15. The maximum Gasteiger partial charge on any atom is 0.374 e. The van der Waals surface area contributed by atoms with Gasteiger partial charge in [-0.2, -0.15) is 0 Å². The fourth-order valence-corrected chi connectivity index (χ4v) is 1.98. The minimum atomic E-state index is -1.28. The van der Waals surface area contributed by atoms with Crippen molar-refractivity contribution in [3.8, 4) is 0 Å². The van der Waals surface area contributed by atoms with Crippen LogP contribution in [-0.4, -0.2) is 27.1 Å². The number of aromatic carboxylic acids is 1. The maximum atomic E-state index is 11.7. The zero-order valence-electron chi connectivity index (χ0n) is 9.55. The predicted octanol–water partition coefficient (Wildman–Crippen LogP) is 1.70. The molecule has 0 saturated heterocycles. The van der Waals surface area contributed by atoms with Crippen molar-refractivity contribution in [2.24, 2.45) is 0 Å². The Balaban J connectivity index is 2.14. The first-order valence-electron chi connectivity index (χ1n) is 4.92. The highest BCUT2D eigenvalue weighted by atomic mass is 32.1. The molecule has 0 bridgehead atoms. The SMILES string of the molecule is Cc1nc(NC(=O)c2cc(C(=O)O)on2)sc1C. The van der Waals surface area contributed by atoms with Crippen molar-refractivity contribution in [3.63, 3.8) is 0 Å². The molecule has 2 N–H and O–H groups in total. The topological polar surface area (TPSA) is 105 Å². The van der Waals surface area contributed by atoms with Gasteiger partial charge >= 0.3 is 5.97 Å². The molecular weight excluding hydrogens is 258 g/mol. The zero-order chi connectivity index (χ0) is 13.3. The number of amides is 1. The van der Waals surface area contributed by atoms with Gasteiger partial charge in [0.1, 0.15) is 0 Å². The van der Waals surface area contributed by atoms with E-state index in [4.69, 9.17) is 5.11 Å². The lowest BCUT2D eigenvalue weighted by atomic mass is 10.3. The summed E-state index contributed by atoms with van der Waals surface area (Å²) in [6.07, 6.45) is 0. The van der Waals surface area contributed by atoms with Gasteiger partial charge in [0.25, 0.3) is 5.91 Å². The Kier molecular flexibility index (Phi) is 3.11. The van der Waals surface area contributed by atoms with Gasteiger partial charge in [-0.05, 0) is 13.8 Å². The molecule has 94 valence electrons. The van der Waals surface area contributed by atoms with E-state index < -0.39 is 11.9 Å². The average molecular weight is 267 g/mol. The van der Waals surface area contributed by atoms with Crippen molar-refractivity contribution in [1.29, 1.82) is 0 Å². The number of hydrogen-bond donors (Lipinski definition) is 2. The molecule has 2 heterocycles. The minimum absolute atomic E-state index is 0.0992. The first-order chi connectivity index (χ1) is 8.47. The van der Waals surface area contributed by atoms with Crippen LogP contribution in [0.5, 0.6) is 0 Å². The number of nitrogens with one attached hydrogen (secondary N) is 1. The third kappa shape index (κ3) is 2.38. The van der Waals surface area contributed by atoms with Gasteiger partial charge in [0.05, 0.1) is 5.69 Å². The summed E-state index contributed by atoms with van der Waals surface area (Å²) in [4.78, 5) is 27.4. The molecule has 0 radical (unpaired) electrons. The second kappa shape index (κ2) is 4.57. The first-order valence-corrected chi connectivity index (χ1v) is 5.74. The van der Waals surface area contributed by atoms with Gasteiger partial charge in [-0.3, -0.25) is 10.1 Å². The smallest absolute Gasteiger partial charge is 0.374 e. The van der Waals surface area contributed by atoms with Crippen LogP contribution < -0.4 is 5.32 Å². The molecule has 18 heavy (non-hydrogen) atoms. The van der Waals surface area contributed by atoms with Gasteiger partial charge < -0.3 is 9.63 Å². The Labute approximate surface area is 105 Å². The lowest BCUT2D eigenvalue weighted by Gasteiger charge is -1.95. The fraction of sp³-hybridized carbons (Fsp3) is 0.200. The average Bonchev–Trinajstić information content (AvgIpc) is 2.87. The highest BCUT2D eigenvalue weighted by Gasteiger charge is 2.17. The fourth-order valence-electron chi connectivity index (χ4n) is 1.17. The second-order valence-electron chi connectivity index (χ2n) is 3.50. The number of aryl methyl sites for hydroxylation is 2. The molecule has 0 aromatic carbocycles. The monoisotopic (exact) mass is 267 g/mol. The predicted molar refractivity (Wildman–Crippen MR) is 63.0 cm³/mol. The summed E-state index contributed by atoms with van der Waals surface area (Å²) in [5.74, 6) is -2.21. The van der Waals surface area contributed by atoms with Crippen LogP contribution in [0.25, 0.3) is 0 Å². The summed E-state index contributed by atoms with van der Waals surface area (Å²) in [5, 5.41) is 15.0. The van der Waals surface area contributed by atoms with Gasteiger partial charge in [0.15, 0.2) is 10.8 Å². The van der Waals surface area contributed by atoms with Crippen LogP contribution >= 0.6 is 11.3 Å². The van der Waals surface area contributed by atoms with E-state index in [2.05, 4.69) is 20.0 Å². The first kappa shape index (κ1) is 12.2. The molecular formula is C10H9N3O4S. The molecule has 7 nitrogen and oxygen atoms in total. The number of anilines is 1. The quantitative estimate of drug-likeness (QED) is 0.876. The summed E-state index contributed by atoms with van der Waals surface area (Å²) in [6, 6.07) is 1.06. The maximum absolute atomic E-state index is 11.7. The lowest BCUT2D eigenvalue weighted by Crippen LogP contribution is -2.12. The van der Waals surface area contributed by atoms with Crippen LogP contribution in [0.15, 0.2) is 10.6 Å². The van der Waals surface area contributed by atoms with Gasteiger partial charge in [-0.1, -0.05) is 5.16 Å². The Morgan fingerprint density at radius 3 is 2.67 bits per heavy atom. The van der Waals surface area contributed by atoms with Crippen LogP contribution in [0.3, 0.4) is 0 Å². The van der Waals surface area contributed by atoms with E-state index in [0.717, 1.165) is 16.6 Å². The van der Waals surface area contributed by atoms with Crippen molar-refractivity contribution < 1.29 is 19.2 Å². The molecule has 0 saturated carbocycles. The molecule has 2 aromatic rings. The van der Waals surface area contributed by atoms with E-state index in [0.29, 0.717) is 5.13 Å². The highest BCUT2D eigenvalue weighted by Crippen LogP contribution is 2.21. The van der Waals surface area contributed by atoms with E-state index in [1.54, 1.807) is 0 Å². The summed E-state index contributed by atoms with van der Waals surface area (Å²) in [6.45, 7) is 3.72. The largest absolute Gasteiger partial charge is 0.475 e. The third-order valence-corrected chi connectivity index (χ3v) is 3.19. The van der Waals surface area contributed by atoms with E-state index in [1.807, 2.05) is 13.8 Å². The molecule has 0 fully saturated rings. The van der Waals surface area contributed by atoms with Crippen LogP contribution in [0, 0.1) is 13.8 Å². The molecule has 0 spiro atoms. The molecule has 0 aliphatic carbocycles. The number of carbonyl (C=O) groups excluding carboxylic acids is 1. The number of thiazole rings is 1. The molecule has 0 unspecified atom stereocenters. The van der Waals surface area contributed by atoms with Crippen molar-refractivity contribution >= 4 is 28.3 Å². The normalized spacial score (nSPS) is 10.3. The number of carbonyl (C=O) groups is 2. The van der Waals surface area contributed by atoms with Crippen molar-refractivity contribution in [1.82, 2.24) is 10.1 Å². The van der Waals surface area contributed by atoms with Crippen LogP contribution in [0.1, 0.15) is 31.6 Å². The standard InChI is InChI=1S/C10H9N3O4S/c1-4-5(2)18-10(11-4)12-8(14)6-3-7(9(15)16)17-13-6/h3H,1-2H3,(H,15,16)(H,11,12,14). The number of nitrogens with zero attached hydrogens (tertiary/aromatic N) is 2. The number of carboxylic acids is 1. The van der Waals surface area contributed by atoms with Gasteiger partial charge in [-0.25, -0.2) is 9.78 Å². The number of rotatable bonds is 3. The minimum Gasteiger partial charge on any atom is -0.475 e. The summed E-state index contributed by atoms with van der Waals surface area (Å²) >= 11 is 1.33. The molecule has 2 aromatic heterocycles. The van der Waals surface area contributed by atoms with Crippen LogP contribution in [-0.2, 0) is 0 Å². The summed E-state index contributed by atoms with van der Waals surface area (Å²) < 4.78 is 4.49. The number of hydrogen-bond acceptors (Lipinski definition) is 6. The van der Waals surface area contributed by atoms with Gasteiger partial charge in [-0.15, -0.1) is 11.3 Å². The second-order valence-corrected chi connectivity index (χ2v) is 4.70. The molecule has 2 rings (SSSR count). The number of carboxylic acid groups (broad SMARTS) is 1. The van der Waals surface area contributed by atoms with Crippen LogP contribution in [0.4, 0.5) is 5.13 Å².